The van der Waals surface area contributed by atoms with Gasteiger partial charge in [0.1, 0.15) is 28.7 Å². The summed E-state index contributed by atoms with van der Waals surface area (Å²) in [5, 5.41) is 22.1. The lowest BCUT2D eigenvalue weighted by Gasteiger charge is -2.49. The van der Waals surface area contributed by atoms with Gasteiger partial charge in [-0.25, -0.2) is 4.79 Å². The molecule has 0 saturated carbocycles. The third-order valence-electron chi connectivity index (χ3n) is 5.26. The molecule has 180 valence electrons. The number of carbonyl (C=O) groups excluding carboxylic acids is 2. The fraction of sp³-hybridized carbons (Fsp3) is 0.227. The maximum absolute atomic E-state index is 12.8. The molecule has 8 nitrogen and oxygen atoms in total. The molecule has 0 radical (unpaired) electrons. The molecule has 1 fully saturated rings. The summed E-state index contributed by atoms with van der Waals surface area (Å²) < 4.78 is 1.70. The van der Waals surface area contributed by atoms with Crippen LogP contribution in [0.15, 0.2) is 52.8 Å². The number of halogens is 3. The summed E-state index contributed by atoms with van der Waals surface area (Å²) in [4.78, 5) is 39.2. The number of carboxylic acids is 1. The molecule has 2 atom stereocenters. The number of fused-ring (bicyclic) bond motifs is 1. The highest BCUT2D eigenvalue weighted by atomic mass is 35.5. The minimum absolute atomic E-state index is 0.0163. The maximum Gasteiger partial charge on any atom is 0.352 e. The number of nitrogens with one attached hydrogen (secondary N) is 1. The summed E-state index contributed by atoms with van der Waals surface area (Å²) in [6.45, 7) is 0.221. The van der Waals surface area contributed by atoms with Gasteiger partial charge in [0.2, 0.25) is 5.91 Å². The minimum atomic E-state index is -1.22. The van der Waals surface area contributed by atoms with E-state index in [0.29, 0.717) is 36.9 Å². The largest absolute Gasteiger partial charge is 0.477 e. The Hall–Kier alpha value is -2.42. The topological polar surface area (TPSA) is 114 Å². The summed E-state index contributed by atoms with van der Waals surface area (Å²) in [6, 6.07) is 7.61. The van der Waals surface area contributed by atoms with E-state index in [1.165, 1.54) is 22.7 Å². The van der Waals surface area contributed by atoms with Crippen molar-refractivity contribution in [2.45, 2.75) is 22.9 Å². The lowest BCUT2D eigenvalue weighted by Crippen LogP contribution is -2.70. The summed E-state index contributed by atoms with van der Waals surface area (Å²) in [5.74, 6) is -1.76. The Kier molecular flexibility index (Phi) is 7.83. The van der Waals surface area contributed by atoms with E-state index in [-0.39, 0.29) is 18.0 Å². The summed E-state index contributed by atoms with van der Waals surface area (Å²) in [7, 11) is 0. The van der Waals surface area contributed by atoms with Gasteiger partial charge in [-0.2, -0.15) is 9.83 Å². The van der Waals surface area contributed by atoms with Crippen LogP contribution in [0.1, 0.15) is 5.56 Å². The normalized spacial score (nSPS) is 19.0. The molecule has 0 bridgehead atoms. The molecule has 1 saturated heterocycles. The van der Waals surface area contributed by atoms with Crippen molar-refractivity contribution in [2.75, 3.05) is 11.5 Å². The molecular formula is C22H16Cl3N4O4S2+. The van der Waals surface area contributed by atoms with Crippen LogP contribution in [0.25, 0.3) is 0 Å². The predicted molar refractivity (Wildman–Crippen MR) is 133 cm³/mol. The molecule has 4 rings (SSSR count). The smallest absolute Gasteiger partial charge is 0.352 e. The van der Waals surface area contributed by atoms with Crippen LogP contribution < -0.4 is 9.88 Å². The van der Waals surface area contributed by atoms with E-state index < -0.39 is 29.2 Å². The molecule has 35 heavy (non-hydrogen) atoms. The Morgan fingerprint density at radius 3 is 2.74 bits per heavy atom. The van der Waals surface area contributed by atoms with E-state index in [1.54, 1.807) is 35.2 Å². The number of benzene rings is 1. The molecule has 2 amide bonds. The van der Waals surface area contributed by atoms with Crippen LogP contribution in [-0.4, -0.2) is 50.7 Å². The highest BCUT2D eigenvalue weighted by Gasteiger charge is 2.54. The number of nitriles is 1. The maximum atomic E-state index is 12.8. The molecule has 2 aliphatic heterocycles. The first kappa shape index (κ1) is 25.7. The first-order chi connectivity index (χ1) is 16.7. The Morgan fingerprint density at radius 1 is 1.29 bits per heavy atom. The number of nitrogens with zero attached hydrogens (tertiary/aromatic N) is 3. The van der Waals surface area contributed by atoms with E-state index in [2.05, 4.69) is 5.32 Å². The third-order valence-corrected chi connectivity index (χ3v) is 8.80. The standard InChI is InChI=1S/C22H15Cl3N4O4S2/c23-13-4-15(25)16(5-14(13)24)34-10-17(30)27-18-20(31)29-19(22(32)33)12(9-35-21(18)29)8-28-3-1-2-11(6-26)7-28/h1-5,7,18,21H,8-10H2,(H-,27,30,32,33)/p+1/t18-,21-/m1/s1. The van der Waals surface area contributed by atoms with E-state index in [1.807, 2.05) is 6.07 Å². The highest BCUT2D eigenvalue weighted by Crippen LogP contribution is 2.40. The Labute approximate surface area is 223 Å². The van der Waals surface area contributed by atoms with Crippen molar-refractivity contribution >= 4 is 76.1 Å². The Morgan fingerprint density at radius 2 is 2.03 bits per heavy atom. The highest BCUT2D eigenvalue weighted by molar-refractivity contribution is 8.00. The zero-order chi connectivity index (χ0) is 25.3. The van der Waals surface area contributed by atoms with Crippen LogP contribution in [0.4, 0.5) is 0 Å². The van der Waals surface area contributed by atoms with E-state index in [0.717, 1.165) is 11.8 Å². The molecule has 3 heterocycles. The van der Waals surface area contributed by atoms with Gasteiger partial charge in [-0.15, -0.1) is 23.5 Å². The summed E-state index contributed by atoms with van der Waals surface area (Å²) in [5.41, 5.74) is 0.895. The lowest BCUT2D eigenvalue weighted by atomic mass is 10.0. The van der Waals surface area contributed by atoms with Gasteiger partial charge < -0.3 is 10.4 Å². The van der Waals surface area contributed by atoms with Gasteiger partial charge >= 0.3 is 5.97 Å². The zero-order valence-corrected chi connectivity index (χ0v) is 21.6. The van der Waals surface area contributed by atoms with Crippen molar-refractivity contribution in [1.29, 1.82) is 5.26 Å². The van der Waals surface area contributed by atoms with Crippen molar-refractivity contribution in [3.63, 3.8) is 0 Å². The number of hydrogen-bond donors (Lipinski definition) is 2. The quantitative estimate of drug-likeness (QED) is 0.227. The first-order valence-corrected chi connectivity index (χ1v) is 13.2. The number of hydrogen-bond acceptors (Lipinski definition) is 6. The van der Waals surface area contributed by atoms with Gasteiger partial charge in [0.25, 0.3) is 5.91 Å². The fourth-order valence-corrected chi connectivity index (χ4v) is 6.56. The molecule has 0 unspecified atom stereocenters. The van der Waals surface area contributed by atoms with Crippen molar-refractivity contribution < 1.29 is 24.1 Å². The van der Waals surface area contributed by atoms with Gasteiger partial charge in [0, 0.05) is 22.3 Å². The number of carbonyl (C=O) groups is 3. The molecule has 0 spiro atoms. The number of carboxylic acid groups (broad SMARTS) is 1. The Balaban J connectivity index is 1.43. The number of aliphatic carboxylic acids is 1. The number of amides is 2. The molecule has 1 aromatic carbocycles. The fourth-order valence-electron chi connectivity index (χ4n) is 3.69. The molecule has 2 N–H and O–H groups in total. The number of β-lactam (4-membered cyclic amide) rings is 1. The van der Waals surface area contributed by atoms with Crippen molar-refractivity contribution in [3.8, 4) is 6.07 Å². The van der Waals surface area contributed by atoms with Gasteiger partial charge in [0.15, 0.2) is 18.9 Å². The number of thioether (sulfide) groups is 2. The van der Waals surface area contributed by atoms with Crippen LogP contribution >= 0.6 is 58.3 Å². The number of aromatic nitrogens is 1. The first-order valence-electron chi connectivity index (χ1n) is 10.1. The number of pyridine rings is 1. The second-order valence-electron chi connectivity index (χ2n) is 7.57. The second-order valence-corrected chi connectivity index (χ2v) is 10.9. The van der Waals surface area contributed by atoms with Crippen molar-refractivity contribution in [1.82, 2.24) is 10.2 Å². The Bertz CT molecular complexity index is 1310. The van der Waals surface area contributed by atoms with Crippen LogP contribution in [0, 0.1) is 11.3 Å². The average Bonchev–Trinajstić information content (AvgIpc) is 2.83. The molecule has 13 heteroatoms. The molecule has 0 aliphatic carbocycles. The van der Waals surface area contributed by atoms with Crippen LogP contribution in [-0.2, 0) is 20.9 Å². The monoisotopic (exact) mass is 569 g/mol. The predicted octanol–water partition coefficient (Wildman–Crippen LogP) is 3.34. The molecule has 2 aromatic rings. The van der Waals surface area contributed by atoms with Crippen molar-refractivity contribution in [2.24, 2.45) is 0 Å². The van der Waals surface area contributed by atoms with E-state index in [4.69, 9.17) is 40.1 Å². The van der Waals surface area contributed by atoms with E-state index >= 15 is 0 Å². The van der Waals surface area contributed by atoms with Gasteiger partial charge in [0.05, 0.1) is 20.8 Å². The lowest BCUT2D eigenvalue weighted by molar-refractivity contribution is -0.689. The van der Waals surface area contributed by atoms with Gasteiger partial charge in [-0.3, -0.25) is 14.5 Å². The zero-order valence-electron chi connectivity index (χ0n) is 17.7. The molecular weight excluding hydrogens is 555 g/mol. The third kappa shape index (κ3) is 5.39. The van der Waals surface area contributed by atoms with Gasteiger partial charge in [-0.1, -0.05) is 34.8 Å². The van der Waals surface area contributed by atoms with Gasteiger partial charge in [-0.05, 0) is 18.2 Å². The SMILES string of the molecule is N#Cc1ccc[n+](CC2=C(C(=O)O)N3C(=O)[C@@H](NC(=O)CSc4cc(Cl)c(Cl)cc4Cl)[C@H]3SC2)c1. The molecule has 1 aromatic heterocycles. The van der Waals surface area contributed by atoms with Crippen molar-refractivity contribution in [3.05, 3.63) is 68.6 Å². The van der Waals surface area contributed by atoms with Crippen LogP contribution in [0.2, 0.25) is 15.1 Å². The summed E-state index contributed by atoms with van der Waals surface area (Å²) in [6.07, 6.45) is 3.34. The van der Waals surface area contributed by atoms with Crippen LogP contribution in [0.3, 0.4) is 0 Å². The average molecular weight is 571 g/mol. The minimum Gasteiger partial charge on any atom is -0.477 e. The van der Waals surface area contributed by atoms with Crippen LogP contribution in [0.5, 0.6) is 0 Å². The second kappa shape index (κ2) is 10.7. The molecule has 2 aliphatic rings. The summed E-state index contributed by atoms with van der Waals surface area (Å²) >= 11 is 20.6. The number of rotatable bonds is 7. The van der Waals surface area contributed by atoms with E-state index in [9.17, 15) is 19.5 Å².